The van der Waals surface area contributed by atoms with Crippen molar-refractivity contribution in [3.05, 3.63) is 23.3 Å². The molecule has 0 amide bonds. The third-order valence-corrected chi connectivity index (χ3v) is 2.55. The zero-order valence-corrected chi connectivity index (χ0v) is 9.59. The third kappa shape index (κ3) is 2.00. The molecule has 0 aromatic heterocycles. The maximum absolute atomic E-state index is 6.03. The first-order valence-corrected chi connectivity index (χ1v) is 5.21. The number of hydrogen-bond donors (Lipinski definition) is 1. The molecule has 0 saturated carbocycles. The second-order valence-electron chi connectivity index (χ2n) is 3.69. The summed E-state index contributed by atoms with van der Waals surface area (Å²) in [6.45, 7) is 10.5. The molecule has 0 spiro atoms. The Kier molecular flexibility index (Phi) is 3.39. The van der Waals surface area contributed by atoms with E-state index in [2.05, 4.69) is 38.7 Å². The van der Waals surface area contributed by atoms with Crippen molar-refractivity contribution in [3.8, 4) is 0 Å². The lowest BCUT2D eigenvalue weighted by molar-refractivity contribution is 0.863. The van der Waals surface area contributed by atoms with Gasteiger partial charge in [0.05, 0.1) is 11.4 Å². The van der Waals surface area contributed by atoms with Gasteiger partial charge in [-0.1, -0.05) is 6.07 Å². The molecule has 2 nitrogen and oxygen atoms in total. The summed E-state index contributed by atoms with van der Waals surface area (Å²) in [4.78, 5) is 2.30. The van der Waals surface area contributed by atoms with Crippen LogP contribution in [0.3, 0.4) is 0 Å². The number of benzene rings is 1. The second kappa shape index (κ2) is 4.36. The Hall–Kier alpha value is -1.18. The van der Waals surface area contributed by atoms with Gasteiger partial charge >= 0.3 is 0 Å². The lowest BCUT2D eigenvalue weighted by Gasteiger charge is -2.25. The molecule has 0 fully saturated rings. The van der Waals surface area contributed by atoms with Crippen molar-refractivity contribution in [1.29, 1.82) is 0 Å². The zero-order valence-electron chi connectivity index (χ0n) is 9.59. The topological polar surface area (TPSA) is 29.3 Å². The summed E-state index contributed by atoms with van der Waals surface area (Å²) in [5.74, 6) is 0. The SMILES string of the molecule is CCN(CC)c1c(C)cc(C)cc1N. The van der Waals surface area contributed by atoms with E-state index >= 15 is 0 Å². The minimum Gasteiger partial charge on any atom is -0.397 e. The van der Waals surface area contributed by atoms with Gasteiger partial charge in [-0.3, -0.25) is 0 Å². The highest BCUT2D eigenvalue weighted by molar-refractivity contribution is 5.72. The van der Waals surface area contributed by atoms with Crippen LogP contribution in [0, 0.1) is 13.8 Å². The fraction of sp³-hybridized carbons (Fsp3) is 0.500. The minimum absolute atomic E-state index is 0.895. The summed E-state index contributed by atoms with van der Waals surface area (Å²) in [6.07, 6.45) is 0. The Bertz CT molecular complexity index is 291. The molecule has 0 unspecified atom stereocenters. The van der Waals surface area contributed by atoms with Crippen LogP contribution >= 0.6 is 0 Å². The molecule has 0 aliphatic carbocycles. The monoisotopic (exact) mass is 192 g/mol. The van der Waals surface area contributed by atoms with Gasteiger partial charge in [-0.05, 0) is 44.9 Å². The predicted molar refractivity (Wildman–Crippen MR) is 63.9 cm³/mol. The molecule has 2 heteroatoms. The first kappa shape index (κ1) is 10.9. The van der Waals surface area contributed by atoms with E-state index in [1.807, 2.05) is 6.07 Å². The van der Waals surface area contributed by atoms with E-state index in [4.69, 9.17) is 5.73 Å². The standard InChI is InChI=1S/C12H20N2/c1-5-14(6-2)12-10(4)7-9(3)8-11(12)13/h7-8H,5-6,13H2,1-4H3. The largest absolute Gasteiger partial charge is 0.397 e. The summed E-state index contributed by atoms with van der Waals surface area (Å²) in [5, 5.41) is 0. The summed E-state index contributed by atoms with van der Waals surface area (Å²) < 4.78 is 0. The molecule has 2 N–H and O–H groups in total. The van der Waals surface area contributed by atoms with E-state index in [9.17, 15) is 0 Å². The molecule has 0 atom stereocenters. The predicted octanol–water partition coefficient (Wildman–Crippen LogP) is 2.73. The highest BCUT2D eigenvalue weighted by atomic mass is 15.1. The number of nitrogens with zero attached hydrogens (tertiary/aromatic N) is 1. The molecule has 0 aliphatic heterocycles. The maximum Gasteiger partial charge on any atom is 0.0629 e. The second-order valence-corrected chi connectivity index (χ2v) is 3.69. The van der Waals surface area contributed by atoms with E-state index in [0.29, 0.717) is 0 Å². The third-order valence-electron chi connectivity index (χ3n) is 2.55. The first-order chi connectivity index (χ1) is 6.60. The van der Waals surface area contributed by atoms with Crippen LogP contribution in [0.25, 0.3) is 0 Å². The van der Waals surface area contributed by atoms with Crippen LogP contribution in [0.15, 0.2) is 12.1 Å². The summed E-state index contributed by atoms with van der Waals surface area (Å²) in [6, 6.07) is 4.23. The Morgan fingerprint density at radius 1 is 1.14 bits per heavy atom. The van der Waals surface area contributed by atoms with Crippen molar-refractivity contribution in [2.75, 3.05) is 23.7 Å². The Labute approximate surface area is 86.7 Å². The van der Waals surface area contributed by atoms with E-state index in [1.165, 1.54) is 16.8 Å². The summed E-state index contributed by atoms with van der Waals surface area (Å²) in [5.41, 5.74) is 10.6. The molecule has 0 saturated heterocycles. The van der Waals surface area contributed by atoms with Gasteiger partial charge in [-0.25, -0.2) is 0 Å². The number of anilines is 2. The average molecular weight is 192 g/mol. The fourth-order valence-electron chi connectivity index (χ4n) is 1.96. The highest BCUT2D eigenvalue weighted by Gasteiger charge is 2.09. The van der Waals surface area contributed by atoms with Crippen LogP contribution in [-0.4, -0.2) is 13.1 Å². The maximum atomic E-state index is 6.03. The molecule has 0 radical (unpaired) electrons. The normalized spacial score (nSPS) is 10.3. The smallest absolute Gasteiger partial charge is 0.0629 e. The number of rotatable bonds is 3. The van der Waals surface area contributed by atoms with Crippen molar-refractivity contribution >= 4 is 11.4 Å². The molecular weight excluding hydrogens is 172 g/mol. The molecule has 0 heterocycles. The molecule has 0 aliphatic rings. The van der Waals surface area contributed by atoms with Gasteiger partial charge in [0.2, 0.25) is 0 Å². The van der Waals surface area contributed by atoms with Gasteiger partial charge in [0.1, 0.15) is 0 Å². The molecular formula is C12H20N2. The lowest BCUT2D eigenvalue weighted by Crippen LogP contribution is -2.24. The van der Waals surface area contributed by atoms with Crippen molar-refractivity contribution in [2.24, 2.45) is 0 Å². The van der Waals surface area contributed by atoms with Crippen LogP contribution in [0.2, 0.25) is 0 Å². The lowest BCUT2D eigenvalue weighted by atomic mass is 10.1. The number of nitrogen functional groups attached to an aromatic ring is 1. The minimum atomic E-state index is 0.895. The van der Waals surface area contributed by atoms with Crippen molar-refractivity contribution < 1.29 is 0 Å². The van der Waals surface area contributed by atoms with Crippen LogP contribution in [-0.2, 0) is 0 Å². The Morgan fingerprint density at radius 3 is 2.14 bits per heavy atom. The first-order valence-electron chi connectivity index (χ1n) is 5.21. The van der Waals surface area contributed by atoms with Gasteiger partial charge in [-0.2, -0.15) is 0 Å². The van der Waals surface area contributed by atoms with Gasteiger partial charge in [0, 0.05) is 13.1 Å². The number of hydrogen-bond acceptors (Lipinski definition) is 2. The summed E-state index contributed by atoms with van der Waals surface area (Å²) >= 11 is 0. The highest BCUT2D eigenvalue weighted by Crippen LogP contribution is 2.28. The quantitative estimate of drug-likeness (QED) is 0.746. The van der Waals surface area contributed by atoms with E-state index in [-0.39, 0.29) is 0 Å². The van der Waals surface area contributed by atoms with Gasteiger partial charge in [0.25, 0.3) is 0 Å². The van der Waals surface area contributed by atoms with Gasteiger partial charge in [-0.15, -0.1) is 0 Å². The fourth-order valence-corrected chi connectivity index (χ4v) is 1.96. The molecule has 1 rings (SSSR count). The van der Waals surface area contributed by atoms with Crippen LogP contribution in [0.5, 0.6) is 0 Å². The van der Waals surface area contributed by atoms with E-state index in [0.717, 1.165) is 18.8 Å². The zero-order chi connectivity index (χ0) is 10.7. The molecule has 14 heavy (non-hydrogen) atoms. The van der Waals surface area contributed by atoms with E-state index < -0.39 is 0 Å². The van der Waals surface area contributed by atoms with Gasteiger partial charge < -0.3 is 10.6 Å². The number of aryl methyl sites for hydroxylation is 2. The van der Waals surface area contributed by atoms with Gasteiger partial charge in [0.15, 0.2) is 0 Å². The Balaban J connectivity index is 3.19. The van der Waals surface area contributed by atoms with Crippen molar-refractivity contribution in [1.82, 2.24) is 0 Å². The van der Waals surface area contributed by atoms with Crippen molar-refractivity contribution in [3.63, 3.8) is 0 Å². The van der Waals surface area contributed by atoms with Crippen molar-refractivity contribution in [2.45, 2.75) is 27.7 Å². The van der Waals surface area contributed by atoms with Crippen LogP contribution in [0.1, 0.15) is 25.0 Å². The van der Waals surface area contributed by atoms with E-state index in [1.54, 1.807) is 0 Å². The Morgan fingerprint density at radius 2 is 1.71 bits per heavy atom. The molecule has 1 aromatic rings. The van der Waals surface area contributed by atoms with Crippen LogP contribution in [0.4, 0.5) is 11.4 Å². The average Bonchev–Trinajstić information content (AvgIpc) is 2.10. The molecule has 1 aromatic carbocycles. The van der Waals surface area contributed by atoms with Crippen LogP contribution < -0.4 is 10.6 Å². The number of nitrogens with two attached hydrogens (primary N) is 1. The molecule has 78 valence electrons. The summed E-state index contributed by atoms with van der Waals surface area (Å²) in [7, 11) is 0. The molecule has 0 bridgehead atoms.